The van der Waals surface area contributed by atoms with Gasteiger partial charge in [0.25, 0.3) is 5.91 Å². The normalized spacial score (nSPS) is 11.0. The van der Waals surface area contributed by atoms with Crippen LogP contribution in [0.15, 0.2) is 42.6 Å². The number of hydrogen-bond acceptors (Lipinski definition) is 3. The van der Waals surface area contributed by atoms with Crippen LogP contribution in [0.4, 0.5) is 24.7 Å². The molecule has 21 heavy (non-hydrogen) atoms. The van der Waals surface area contributed by atoms with Crippen LogP contribution in [0.25, 0.3) is 0 Å². The molecule has 2 aromatic rings. The van der Waals surface area contributed by atoms with E-state index in [2.05, 4.69) is 15.6 Å². The summed E-state index contributed by atoms with van der Waals surface area (Å²) in [4.78, 5) is 15.9. The quantitative estimate of drug-likeness (QED) is 0.912. The molecule has 0 atom stereocenters. The van der Waals surface area contributed by atoms with Crippen molar-refractivity contribution in [2.75, 3.05) is 17.7 Å². The van der Waals surface area contributed by atoms with Crippen molar-refractivity contribution in [3.05, 3.63) is 53.7 Å². The lowest BCUT2D eigenvalue weighted by Crippen LogP contribution is -2.13. The van der Waals surface area contributed by atoms with Gasteiger partial charge in [0.15, 0.2) is 0 Å². The predicted molar refractivity (Wildman–Crippen MR) is 73.2 cm³/mol. The van der Waals surface area contributed by atoms with Crippen molar-refractivity contribution in [2.45, 2.75) is 6.18 Å². The van der Waals surface area contributed by atoms with E-state index < -0.39 is 17.6 Å². The summed E-state index contributed by atoms with van der Waals surface area (Å²) in [5, 5.41) is 5.32. The summed E-state index contributed by atoms with van der Waals surface area (Å²) in [5.74, 6) is 0.172. The third kappa shape index (κ3) is 3.71. The summed E-state index contributed by atoms with van der Waals surface area (Å²) >= 11 is 0. The van der Waals surface area contributed by atoms with Crippen LogP contribution in [-0.2, 0) is 6.18 Å². The van der Waals surface area contributed by atoms with Crippen LogP contribution >= 0.6 is 0 Å². The molecule has 0 radical (unpaired) electrons. The fraction of sp³-hybridized carbons (Fsp3) is 0.143. The third-order valence-corrected chi connectivity index (χ3v) is 2.75. The van der Waals surface area contributed by atoms with Crippen LogP contribution in [0.1, 0.15) is 15.9 Å². The number of carbonyl (C=O) groups is 1. The Kier molecular flexibility index (Phi) is 4.11. The highest BCUT2D eigenvalue weighted by atomic mass is 19.4. The molecule has 1 aromatic carbocycles. The van der Waals surface area contributed by atoms with E-state index in [-0.39, 0.29) is 5.69 Å². The number of hydrogen-bond donors (Lipinski definition) is 2. The highest BCUT2D eigenvalue weighted by Gasteiger charge is 2.29. The fourth-order valence-corrected chi connectivity index (χ4v) is 1.62. The van der Waals surface area contributed by atoms with Crippen LogP contribution in [0, 0.1) is 0 Å². The number of rotatable bonds is 3. The first-order chi connectivity index (χ1) is 9.90. The molecule has 2 rings (SSSR count). The Morgan fingerprint density at radius 1 is 1.10 bits per heavy atom. The average Bonchev–Trinajstić information content (AvgIpc) is 2.47. The molecular formula is C14H12F3N3O. The molecular weight excluding hydrogens is 283 g/mol. The van der Waals surface area contributed by atoms with Crippen molar-refractivity contribution in [3.8, 4) is 0 Å². The number of alkyl halides is 3. The smallest absolute Gasteiger partial charge is 0.373 e. The van der Waals surface area contributed by atoms with Crippen molar-refractivity contribution in [1.29, 1.82) is 0 Å². The monoisotopic (exact) mass is 295 g/mol. The first-order valence-corrected chi connectivity index (χ1v) is 6.02. The number of anilines is 2. The summed E-state index contributed by atoms with van der Waals surface area (Å²) in [6.45, 7) is 0. The van der Waals surface area contributed by atoms with Crippen molar-refractivity contribution < 1.29 is 18.0 Å². The number of halogens is 3. The Balaban J connectivity index is 2.08. The van der Waals surface area contributed by atoms with E-state index in [4.69, 9.17) is 0 Å². The maximum atomic E-state index is 12.4. The molecule has 0 aliphatic carbocycles. The molecule has 0 aliphatic rings. The van der Waals surface area contributed by atoms with Crippen molar-refractivity contribution in [2.24, 2.45) is 0 Å². The third-order valence-electron chi connectivity index (χ3n) is 2.75. The largest absolute Gasteiger partial charge is 0.416 e. The number of aromatic nitrogens is 1. The summed E-state index contributed by atoms with van der Waals surface area (Å²) in [7, 11) is 1.70. The van der Waals surface area contributed by atoms with Gasteiger partial charge in [-0.15, -0.1) is 0 Å². The number of carbonyl (C=O) groups excluding carboxylic acids is 1. The van der Waals surface area contributed by atoms with E-state index in [1.54, 1.807) is 19.2 Å². The molecule has 0 saturated heterocycles. The van der Waals surface area contributed by atoms with Gasteiger partial charge in [-0.05, 0) is 36.4 Å². The van der Waals surface area contributed by atoms with Gasteiger partial charge >= 0.3 is 6.18 Å². The van der Waals surface area contributed by atoms with Gasteiger partial charge in [-0.1, -0.05) is 0 Å². The van der Waals surface area contributed by atoms with Gasteiger partial charge in [0, 0.05) is 18.9 Å². The zero-order chi connectivity index (χ0) is 15.5. The SMILES string of the molecule is CNc1ccc(C(=O)Nc2ccc(C(F)(F)F)cc2)cn1. The predicted octanol–water partition coefficient (Wildman–Crippen LogP) is 3.39. The summed E-state index contributed by atoms with van der Waals surface area (Å²) < 4.78 is 37.3. The van der Waals surface area contributed by atoms with E-state index in [9.17, 15) is 18.0 Å². The lowest BCUT2D eigenvalue weighted by Gasteiger charge is -2.09. The number of nitrogens with one attached hydrogen (secondary N) is 2. The molecule has 2 N–H and O–H groups in total. The molecule has 0 fully saturated rings. The maximum Gasteiger partial charge on any atom is 0.416 e. The molecule has 4 nitrogen and oxygen atoms in total. The molecule has 7 heteroatoms. The number of benzene rings is 1. The van der Waals surface area contributed by atoms with Gasteiger partial charge in [-0.25, -0.2) is 4.98 Å². The maximum absolute atomic E-state index is 12.4. The van der Waals surface area contributed by atoms with Crippen LogP contribution < -0.4 is 10.6 Å². The zero-order valence-corrected chi connectivity index (χ0v) is 11.0. The lowest BCUT2D eigenvalue weighted by molar-refractivity contribution is -0.137. The Hall–Kier alpha value is -2.57. The molecule has 1 heterocycles. The van der Waals surface area contributed by atoms with E-state index in [0.717, 1.165) is 12.1 Å². The first kappa shape index (κ1) is 14.8. The Labute approximate surface area is 119 Å². The van der Waals surface area contributed by atoms with Gasteiger partial charge in [0.05, 0.1) is 11.1 Å². The Bertz CT molecular complexity index is 621. The average molecular weight is 295 g/mol. The van der Waals surface area contributed by atoms with Crippen LogP contribution in [-0.4, -0.2) is 17.9 Å². The second kappa shape index (κ2) is 5.82. The van der Waals surface area contributed by atoms with E-state index >= 15 is 0 Å². The standard InChI is InChI=1S/C14H12F3N3O/c1-18-12-7-2-9(8-19-12)13(21)20-11-5-3-10(4-6-11)14(15,16)17/h2-8H,1H3,(H,18,19)(H,20,21). The number of nitrogens with zero attached hydrogens (tertiary/aromatic N) is 1. The van der Waals surface area contributed by atoms with Crippen molar-refractivity contribution in [3.63, 3.8) is 0 Å². The minimum absolute atomic E-state index is 0.283. The molecule has 0 aliphatic heterocycles. The second-order valence-corrected chi connectivity index (χ2v) is 4.21. The summed E-state index contributed by atoms with van der Waals surface area (Å²) in [6.07, 6.45) is -3.01. The molecule has 0 saturated carbocycles. The van der Waals surface area contributed by atoms with E-state index in [1.807, 2.05) is 0 Å². The minimum atomic E-state index is -4.39. The fourth-order valence-electron chi connectivity index (χ4n) is 1.62. The second-order valence-electron chi connectivity index (χ2n) is 4.21. The van der Waals surface area contributed by atoms with Gasteiger partial charge in [0.2, 0.25) is 0 Å². The van der Waals surface area contributed by atoms with Crippen LogP contribution in [0.2, 0.25) is 0 Å². The van der Waals surface area contributed by atoms with Crippen molar-refractivity contribution in [1.82, 2.24) is 4.98 Å². The van der Waals surface area contributed by atoms with E-state index in [1.165, 1.54) is 18.3 Å². The highest BCUT2D eigenvalue weighted by Crippen LogP contribution is 2.29. The topological polar surface area (TPSA) is 54.0 Å². The number of pyridine rings is 1. The first-order valence-electron chi connectivity index (χ1n) is 6.02. The minimum Gasteiger partial charge on any atom is -0.373 e. The van der Waals surface area contributed by atoms with Gasteiger partial charge in [-0.2, -0.15) is 13.2 Å². The van der Waals surface area contributed by atoms with Gasteiger partial charge in [-0.3, -0.25) is 4.79 Å². The number of amides is 1. The molecule has 0 bridgehead atoms. The summed E-state index contributed by atoms with van der Waals surface area (Å²) in [6, 6.07) is 7.43. The molecule has 1 aromatic heterocycles. The zero-order valence-electron chi connectivity index (χ0n) is 11.0. The molecule has 1 amide bonds. The molecule has 110 valence electrons. The van der Waals surface area contributed by atoms with Crippen LogP contribution in [0.5, 0.6) is 0 Å². The van der Waals surface area contributed by atoms with E-state index in [0.29, 0.717) is 11.4 Å². The van der Waals surface area contributed by atoms with Gasteiger partial charge in [0.1, 0.15) is 5.82 Å². The molecule has 0 spiro atoms. The van der Waals surface area contributed by atoms with Gasteiger partial charge < -0.3 is 10.6 Å². The highest BCUT2D eigenvalue weighted by molar-refractivity contribution is 6.04. The molecule has 0 unspecified atom stereocenters. The lowest BCUT2D eigenvalue weighted by atomic mass is 10.2. The summed E-state index contributed by atoms with van der Waals surface area (Å²) in [5.41, 5.74) is -0.167. The Morgan fingerprint density at radius 3 is 2.24 bits per heavy atom. The van der Waals surface area contributed by atoms with Crippen LogP contribution in [0.3, 0.4) is 0 Å². The van der Waals surface area contributed by atoms with Crippen molar-refractivity contribution >= 4 is 17.4 Å². The Morgan fingerprint density at radius 2 is 1.76 bits per heavy atom.